The molecular weight excluding hydrogens is 1040 g/mol. The van der Waals surface area contributed by atoms with Crippen molar-refractivity contribution in [3.63, 3.8) is 0 Å². The molecule has 0 radical (unpaired) electrons. The molecule has 0 saturated carbocycles. The molecule has 2 aliphatic rings. The molecule has 0 aromatic carbocycles. The monoisotopic (exact) mass is 1170 g/mol. The first-order valence-electron chi connectivity index (χ1n) is 34.2. The third kappa shape index (κ3) is 37.7. The van der Waals surface area contributed by atoms with Gasteiger partial charge in [-0.25, -0.2) is 0 Å². The van der Waals surface area contributed by atoms with Crippen LogP contribution in [-0.2, 0) is 23.7 Å². The van der Waals surface area contributed by atoms with Crippen molar-refractivity contribution in [2.24, 2.45) is 0 Å². The van der Waals surface area contributed by atoms with Gasteiger partial charge in [-0.05, 0) is 44.9 Å². The normalized spacial score (nSPS) is 24.1. The fourth-order valence-electron chi connectivity index (χ4n) is 11.3. The number of nitrogens with one attached hydrogen (secondary N) is 1. The number of carbonyl (C=O) groups excluding carboxylic acids is 1. The second-order valence-electron chi connectivity index (χ2n) is 24.3. The van der Waals surface area contributed by atoms with Gasteiger partial charge in [-0.2, -0.15) is 0 Å². The highest BCUT2D eigenvalue weighted by Crippen LogP contribution is 2.30. The van der Waals surface area contributed by atoms with Crippen molar-refractivity contribution in [2.45, 2.75) is 370 Å². The van der Waals surface area contributed by atoms with Crippen molar-refractivity contribution in [1.29, 1.82) is 0 Å². The smallest absolute Gasteiger partial charge is 0.220 e. The van der Waals surface area contributed by atoms with Gasteiger partial charge in [-0.3, -0.25) is 4.79 Å². The average molecular weight is 1170 g/mol. The molecule has 0 bridgehead atoms. The Labute approximate surface area is 500 Å². The molecule has 0 aromatic heterocycles. The van der Waals surface area contributed by atoms with Gasteiger partial charge in [0.1, 0.15) is 48.8 Å². The van der Waals surface area contributed by atoms with Crippen LogP contribution in [0.5, 0.6) is 0 Å². The zero-order chi connectivity index (χ0) is 59.5. The molecule has 14 heteroatoms. The molecule has 2 saturated heterocycles. The number of hydrogen-bond acceptors (Lipinski definition) is 13. The summed E-state index contributed by atoms with van der Waals surface area (Å²) in [5, 5.41) is 87.3. The molecule has 2 fully saturated rings. The summed E-state index contributed by atoms with van der Waals surface area (Å²) in [4.78, 5) is 13.3. The number of rotatable bonds is 56. The number of allylic oxidation sites excluding steroid dienone is 5. The van der Waals surface area contributed by atoms with Gasteiger partial charge in [0.15, 0.2) is 12.6 Å². The summed E-state index contributed by atoms with van der Waals surface area (Å²) >= 11 is 0. The molecule has 1 amide bonds. The van der Waals surface area contributed by atoms with E-state index in [0.29, 0.717) is 12.8 Å². The molecule has 2 heterocycles. The number of ether oxygens (including phenoxy) is 4. The first-order valence-corrected chi connectivity index (χ1v) is 34.2. The second-order valence-corrected chi connectivity index (χ2v) is 24.3. The summed E-state index contributed by atoms with van der Waals surface area (Å²) in [6, 6.07) is -0.936. The van der Waals surface area contributed by atoms with Crippen molar-refractivity contribution in [2.75, 3.05) is 19.8 Å². The quantitative estimate of drug-likeness (QED) is 0.0204. The highest BCUT2D eigenvalue weighted by molar-refractivity contribution is 5.76. The van der Waals surface area contributed by atoms with E-state index in [1.807, 2.05) is 6.08 Å². The van der Waals surface area contributed by atoms with E-state index in [9.17, 15) is 45.6 Å². The van der Waals surface area contributed by atoms with Gasteiger partial charge in [-0.15, -0.1) is 0 Å². The standard InChI is InChI=1S/C68H127NO13/c1-3-5-7-9-11-13-15-17-19-21-23-25-27-28-29-30-32-34-36-38-40-42-44-46-48-50-52-60(73)69-56(55-79-67-65(78)63(76)66(59(54-71)81-67)82-68-64(77)62(75)61(74)58(53-70)80-68)57(72)51-49-47-45-43-41-39-37-35-33-31-26-24-22-20-18-16-14-12-10-8-6-4-2/h33,35,41,43,49,51,56-59,61-68,70-72,74-78H,3-32,34,36-40,42,44-48,50,52-55H2,1-2H3,(H,69,73)/b35-33+,43-41+,51-49+. The van der Waals surface area contributed by atoms with E-state index in [1.54, 1.807) is 6.08 Å². The Morgan fingerprint density at radius 3 is 1.20 bits per heavy atom. The van der Waals surface area contributed by atoms with Crippen LogP contribution in [0.15, 0.2) is 36.5 Å². The summed E-state index contributed by atoms with van der Waals surface area (Å²) in [5.74, 6) is -0.247. The minimum Gasteiger partial charge on any atom is -0.394 e. The van der Waals surface area contributed by atoms with Gasteiger partial charge in [0.2, 0.25) is 5.91 Å². The molecule has 14 nitrogen and oxygen atoms in total. The van der Waals surface area contributed by atoms with Gasteiger partial charge >= 0.3 is 0 Å². The van der Waals surface area contributed by atoms with Crippen LogP contribution in [-0.4, -0.2) is 140 Å². The maximum Gasteiger partial charge on any atom is 0.220 e. The van der Waals surface area contributed by atoms with Crippen LogP contribution in [0.2, 0.25) is 0 Å². The van der Waals surface area contributed by atoms with Crippen molar-refractivity contribution in [3.05, 3.63) is 36.5 Å². The minimum atomic E-state index is -1.79. The predicted molar refractivity (Wildman–Crippen MR) is 332 cm³/mol. The van der Waals surface area contributed by atoms with E-state index in [1.165, 1.54) is 218 Å². The number of aliphatic hydroxyl groups is 8. The van der Waals surface area contributed by atoms with Crippen LogP contribution in [0.25, 0.3) is 0 Å². The highest BCUT2D eigenvalue weighted by atomic mass is 16.7. The van der Waals surface area contributed by atoms with Gasteiger partial charge in [-0.1, -0.05) is 281 Å². The second kappa shape index (κ2) is 53.4. The zero-order valence-electron chi connectivity index (χ0n) is 52.2. The molecular formula is C68H127NO13. The summed E-state index contributed by atoms with van der Waals surface area (Å²) < 4.78 is 22.8. The SMILES string of the molecule is CCCCCCCCCCCCCC/C=C/CC/C=C/CC/C=C/C(O)C(COC1OC(CO)C(OC2OC(CO)C(O)C(O)C2O)C(O)C1O)NC(=O)CCCCCCCCCCCCCCCCCCCCCCCCCCCC. The molecule has 0 aliphatic carbocycles. The van der Waals surface area contributed by atoms with Crippen molar-refractivity contribution in [3.8, 4) is 0 Å². The van der Waals surface area contributed by atoms with Crippen LogP contribution >= 0.6 is 0 Å². The summed E-state index contributed by atoms with van der Waals surface area (Å²) in [7, 11) is 0. The topological polar surface area (TPSA) is 228 Å². The fraction of sp³-hybridized carbons (Fsp3) is 0.897. The van der Waals surface area contributed by atoms with E-state index in [0.717, 1.165) is 44.9 Å². The number of carbonyl (C=O) groups is 1. The number of aliphatic hydroxyl groups excluding tert-OH is 8. The molecule has 12 unspecified atom stereocenters. The first kappa shape index (κ1) is 76.3. The Hall–Kier alpha value is -1.79. The van der Waals surface area contributed by atoms with Crippen molar-refractivity contribution >= 4 is 5.91 Å². The lowest BCUT2D eigenvalue weighted by Gasteiger charge is -2.46. The van der Waals surface area contributed by atoms with Gasteiger partial charge in [0.05, 0.1) is 32.0 Å². The predicted octanol–water partition coefficient (Wildman–Crippen LogP) is 13.3. The van der Waals surface area contributed by atoms with Crippen LogP contribution in [0.1, 0.15) is 296 Å². The highest BCUT2D eigenvalue weighted by Gasteiger charge is 2.51. The summed E-state index contributed by atoms with van der Waals surface area (Å²) in [6.45, 7) is 2.82. The van der Waals surface area contributed by atoms with E-state index in [-0.39, 0.29) is 18.9 Å². The third-order valence-corrected chi connectivity index (χ3v) is 16.8. The van der Waals surface area contributed by atoms with Crippen LogP contribution in [0, 0.1) is 0 Å². The summed E-state index contributed by atoms with van der Waals surface area (Å²) in [5.41, 5.74) is 0. The Morgan fingerprint density at radius 1 is 0.427 bits per heavy atom. The van der Waals surface area contributed by atoms with Crippen molar-refractivity contribution in [1.82, 2.24) is 5.32 Å². The maximum atomic E-state index is 13.3. The van der Waals surface area contributed by atoms with E-state index in [4.69, 9.17) is 18.9 Å². The lowest BCUT2D eigenvalue weighted by atomic mass is 9.97. The fourth-order valence-corrected chi connectivity index (χ4v) is 11.3. The lowest BCUT2D eigenvalue weighted by molar-refractivity contribution is -0.359. The molecule has 0 spiro atoms. The maximum absolute atomic E-state index is 13.3. The van der Waals surface area contributed by atoms with E-state index < -0.39 is 86.8 Å². The Kier molecular flexibility index (Phi) is 49.7. The number of unbranched alkanes of at least 4 members (excludes halogenated alkanes) is 39. The molecule has 2 aliphatic heterocycles. The van der Waals surface area contributed by atoms with Gasteiger partial charge in [0, 0.05) is 6.42 Å². The van der Waals surface area contributed by atoms with Crippen LogP contribution in [0.4, 0.5) is 0 Å². The Bertz CT molecular complexity index is 1510. The molecule has 0 aromatic rings. The Balaban J connectivity index is 1.71. The first-order chi connectivity index (χ1) is 40.1. The molecule has 82 heavy (non-hydrogen) atoms. The molecule has 9 N–H and O–H groups in total. The molecule has 482 valence electrons. The Morgan fingerprint density at radius 2 is 0.780 bits per heavy atom. The van der Waals surface area contributed by atoms with E-state index >= 15 is 0 Å². The van der Waals surface area contributed by atoms with Crippen molar-refractivity contribution < 1.29 is 64.6 Å². The summed E-state index contributed by atoms with van der Waals surface area (Å²) in [6.07, 6.45) is 50.6. The lowest BCUT2D eigenvalue weighted by Crippen LogP contribution is -2.65. The zero-order valence-corrected chi connectivity index (χ0v) is 52.2. The van der Waals surface area contributed by atoms with E-state index in [2.05, 4.69) is 43.5 Å². The van der Waals surface area contributed by atoms with Crippen LogP contribution < -0.4 is 5.32 Å². The largest absolute Gasteiger partial charge is 0.394 e. The molecule has 2 rings (SSSR count). The number of amides is 1. The van der Waals surface area contributed by atoms with Crippen LogP contribution in [0.3, 0.4) is 0 Å². The molecule has 12 atom stereocenters. The number of hydrogen-bond donors (Lipinski definition) is 9. The average Bonchev–Trinajstić information content (AvgIpc) is 3.56. The minimum absolute atomic E-state index is 0.247. The third-order valence-electron chi connectivity index (χ3n) is 16.8. The van der Waals surface area contributed by atoms with Gasteiger partial charge < -0.3 is 65.1 Å². The van der Waals surface area contributed by atoms with Gasteiger partial charge in [0.25, 0.3) is 0 Å².